The molecule has 302 valence electrons. The van der Waals surface area contributed by atoms with Crippen molar-refractivity contribution in [1.82, 2.24) is 16.0 Å². The van der Waals surface area contributed by atoms with E-state index in [-0.39, 0.29) is 71.9 Å². The molecule has 0 saturated carbocycles. The molecule has 2 atom stereocenters. The van der Waals surface area contributed by atoms with Crippen LogP contribution in [0.3, 0.4) is 0 Å². The third-order valence-electron chi connectivity index (χ3n) is 8.88. The maximum atomic E-state index is 15.5. The molecule has 0 aromatic heterocycles. The fourth-order valence-corrected chi connectivity index (χ4v) is 5.94. The van der Waals surface area contributed by atoms with Gasteiger partial charge >= 0.3 is 0 Å². The zero-order chi connectivity index (χ0) is 39.5. The van der Waals surface area contributed by atoms with Gasteiger partial charge in [-0.25, -0.2) is 4.39 Å². The van der Waals surface area contributed by atoms with Crippen LogP contribution in [0.25, 0.3) is 0 Å². The number of benzene rings is 3. The second kappa shape index (κ2) is 22.7. The molecule has 56 heavy (non-hydrogen) atoms. The van der Waals surface area contributed by atoms with E-state index in [9.17, 15) is 14.4 Å². The summed E-state index contributed by atoms with van der Waals surface area (Å²) in [4.78, 5) is 44.1. The number of ether oxygens (including phenoxy) is 7. The van der Waals surface area contributed by atoms with Crippen molar-refractivity contribution in [3.8, 4) is 11.5 Å². The molecule has 2 aliphatic rings. The van der Waals surface area contributed by atoms with Gasteiger partial charge in [-0.3, -0.25) is 19.4 Å². The van der Waals surface area contributed by atoms with Crippen LogP contribution in [-0.4, -0.2) is 140 Å². The maximum absolute atomic E-state index is 15.5. The number of fused-ring (bicyclic) bond motifs is 1. The van der Waals surface area contributed by atoms with Gasteiger partial charge in [-0.2, -0.15) is 0 Å². The number of aliphatic hydroxyl groups excluding tert-OH is 1. The molecule has 2 aliphatic heterocycles. The van der Waals surface area contributed by atoms with E-state index in [4.69, 9.17) is 38.3 Å². The minimum atomic E-state index is -0.873. The number of methoxy groups -OCH3 is 1. The Morgan fingerprint density at radius 2 is 1.23 bits per heavy atom. The van der Waals surface area contributed by atoms with Crippen molar-refractivity contribution in [1.29, 1.82) is 0 Å². The Hall–Kier alpha value is -4.81. The van der Waals surface area contributed by atoms with Crippen molar-refractivity contribution in [2.75, 3.05) is 99.5 Å². The Bertz CT molecular complexity index is 1780. The summed E-state index contributed by atoms with van der Waals surface area (Å²) < 4.78 is 53.3. The van der Waals surface area contributed by atoms with Gasteiger partial charge in [0.2, 0.25) is 0 Å². The highest BCUT2D eigenvalue weighted by molar-refractivity contribution is 6.11. The number of carbonyl (C=O) groups is 3. The van der Waals surface area contributed by atoms with E-state index in [1.54, 1.807) is 12.3 Å². The van der Waals surface area contributed by atoms with E-state index in [0.29, 0.717) is 84.7 Å². The van der Waals surface area contributed by atoms with Crippen LogP contribution in [0.4, 0.5) is 4.39 Å². The van der Waals surface area contributed by atoms with Crippen molar-refractivity contribution in [3.05, 3.63) is 93.8 Å². The van der Waals surface area contributed by atoms with Gasteiger partial charge in [0, 0.05) is 36.0 Å². The summed E-state index contributed by atoms with van der Waals surface area (Å²) >= 11 is 0. The number of nitrogens with zero attached hydrogens (tertiary/aromatic N) is 1. The van der Waals surface area contributed by atoms with E-state index >= 15 is 4.39 Å². The fourth-order valence-electron chi connectivity index (χ4n) is 5.94. The lowest BCUT2D eigenvalue weighted by Gasteiger charge is -2.21. The molecule has 1 fully saturated rings. The minimum absolute atomic E-state index is 0.0143. The molecule has 0 spiro atoms. The van der Waals surface area contributed by atoms with E-state index < -0.39 is 11.6 Å². The minimum Gasteiger partial charge on any atom is -0.494 e. The molecule has 2 amide bonds. The summed E-state index contributed by atoms with van der Waals surface area (Å²) in [5.41, 5.74) is 2.64. The molecule has 0 unspecified atom stereocenters. The lowest BCUT2D eigenvalue weighted by Crippen LogP contribution is -2.51. The van der Waals surface area contributed by atoms with Gasteiger partial charge < -0.3 is 54.2 Å². The number of carbonyl (C=O) groups excluding carboxylic acids is 3. The van der Waals surface area contributed by atoms with Gasteiger partial charge in [0.25, 0.3) is 11.8 Å². The normalized spacial score (nSPS) is 15.8. The first kappa shape index (κ1) is 42.3. The number of amides is 2. The number of halogens is 1. The average Bonchev–Trinajstić information content (AvgIpc) is 3.87. The molecular formula is C40H49FN4O11. The summed E-state index contributed by atoms with van der Waals surface area (Å²) in [7, 11) is 1.30. The molecule has 3 aromatic rings. The van der Waals surface area contributed by atoms with Crippen LogP contribution in [0, 0.1) is 5.82 Å². The number of rotatable bonds is 25. The summed E-state index contributed by atoms with van der Waals surface area (Å²) in [6.45, 7) is 5.07. The standard InChI is InChI=1S/C40H49FN4O11/c1-50-35-9-8-34(56-21-20-55-19-18-54-17-16-53-15-14-52-13-12-51-11-10-46)36(37(35)41)38(47)27-2-4-28(5-3-27)39(48)44-32-25-43-26-33(32)45-40(49)29-6-7-30-23-42-24-31(30)22-29/h2-9,22-23,32-33,43,46H,10-21,24-26H2,1H3,(H,44,48)(H,45,49)/t32-,33+/m1/s1. The monoisotopic (exact) mass is 780 g/mol. The van der Waals surface area contributed by atoms with Gasteiger partial charge in [0.15, 0.2) is 17.3 Å². The van der Waals surface area contributed by atoms with Crippen LogP contribution < -0.4 is 25.4 Å². The highest BCUT2D eigenvalue weighted by Gasteiger charge is 2.31. The highest BCUT2D eigenvalue weighted by Crippen LogP contribution is 2.31. The highest BCUT2D eigenvalue weighted by atomic mass is 19.1. The molecule has 0 aliphatic carbocycles. The summed E-state index contributed by atoms with van der Waals surface area (Å²) in [5.74, 6) is -2.26. The number of hydrogen-bond acceptors (Lipinski definition) is 13. The molecule has 0 bridgehead atoms. The van der Waals surface area contributed by atoms with Crippen molar-refractivity contribution < 1.29 is 57.0 Å². The Morgan fingerprint density at radius 1 is 0.714 bits per heavy atom. The Labute approximate surface area is 324 Å². The van der Waals surface area contributed by atoms with E-state index in [1.165, 1.54) is 43.5 Å². The third-order valence-corrected chi connectivity index (χ3v) is 8.88. The van der Waals surface area contributed by atoms with Crippen LogP contribution in [0.5, 0.6) is 11.5 Å². The van der Waals surface area contributed by atoms with Crippen molar-refractivity contribution in [2.45, 2.75) is 18.6 Å². The lowest BCUT2D eigenvalue weighted by molar-refractivity contribution is -0.0146. The summed E-state index contributed by atoms with van der Waals surface area (Å²) in [5, 5.41) is 17.8. The van der Waals surface area contributed by atoms with Gasteiger partial charge in [0.05, 0.1) is 98.4 Å². The molecule has 16 heteroatoms. The van der Waals surface area contributed by atoms with Gasteiger partial charge in [0.1, 0.15) is 17.9 Å². The van der Waals surface area contributed by atoms with E-state index in [0.717, 1.165) is 11.1 Å². The predicted octanol–water partition coefficient (Wildman–Crippen LogP) is 1.95. The first-order valence-electron chi connectivity index (χ1n) is 18.5. The predicted molar refractivity (Wildman–Crippen MR) is 203 cm³/mol. The smallest absolute Gasteiger partial charge is 0.251 e. The van der Waals surface area contributed by atoms with Crippen molar-refractivity contribution >= 4 is 23.8 Å². The molecular weight excluding hydrogens is 731 g/mol. The van der Waals surface area contributed by atoms with Gasteiger partial charge in [-0.1, -0.05) is 18.2 Å². The van der Waals surface area contributed by atoms with Crippen molar-refractivity contribution in [3.63, 3.8) is 0 Å². The van der Waals surface area contributed by atoms with E-state index in [2.05, 4.69) is 20.9 Å². The first-order valence-corrected chi connectivity index (χ1v) is 18.5. The lowest BCUT2D eigenvalue weighted by atomic mass is 10.00. The summed E-state index contributed by atoms with van der Waals surface area (Å²) in [6.07, 6.45) is 1.79. The zero-order valence-electron chi connectivity index (χ0n) is 31.4. The summed E-state index contributed by atoms with van der Waals surface area (Å²) in [6, 6.07) is 13.4. The molecule has 5 rings (SSSR count). The molecule has 0 radical (unpaired) electrons. The molecule has 3 aromatic carbocycles. The number of aliphatic imine (C=N–C) groups is 1. The average molecular weight is 781 g/mol. The number of aliphatic hydroxyl groups is 1. The van der Waals surface area contributed by atoms with Crippen molar-refractivity contribution in [2.24, 2.45) is 4.99 Å². The number of nitrogens with one attached hydrogen (secondary N) is 3. The third kappa shape index (κ3) is 12.3. The Kier molecular flexibility index (Phi) is 17.1. The fraction of sp³-hybridized carbons (Fsp3) is 0.450. The van der Waals surface area contributed by atoms with Crippen LogP contribution in [0.1, 0.15) is 47.8 Å². The second-order valence-electron chi connectivity index (χ2n) is 12.7. The zero-order valence-corrected chi connectivity index (χ0v) is 31.4. The molecule has 4 N–H and O–H groups in total. The Morgan fingerprint density at radius 3 is 1.82 bits per heavy atom. The van der Waals surface area contributed by atoms with Gasteiger partial charge in [-0.15, -0.1) is 0 Å². The largest absolute Gasteiger partial charge is 0.494 e. The molecule has 1 saturated heterocycles. The second-order valence-corrected chi connectivity index (χ2v) is 12.7. The quantitative estimate of drug-likeness (QED) is 0.0726. The Balaban J connectivity index is 1.04. The van der Waals surface area contributed by atoms with Crippen LogP contribution >= 0.6 is 0 Å². The molecule has 15 nitrogen and oxygen atoms in total. The molecule has 2 heterocycles. The maximum Gasteiger partial charge on any atom is 0.251 e. The van der Waals surface area contributed by atoms with E-state index in [1.807, 2.05) is 12.1 Å². The van der Waals surface area contributed by atoms with Crippen LogP contribution in [0.15, 0.2) is 59.6 Å². The van der Waals surface area contributed by atoms with Crippen LogP contribution in [-0.2, 0) is 30.2 Å². The number of ketones is 1. The SMILES string of the molecule is COc1ccc(OCCOCCOCCOCCOCCOCCO)c(C(=O)c2ccc(C(=O)N[C@@H]3CNC[C@@H]3NC(=O)c3ccc4c(c3)CN=C4)cc2)c1F. The van der Waals surface area contributed by atoms with Gasteiger partial charge in [-0.05, 0) is 47.5 Å². The topological polar surface area (TPSA) is 184 Å². The number of hydrogen-bond donors (Lipinski definition) is 4. The van der Waals surface area contributed by atoms with Crippen LogP contribution in [0.2, 0.25) is 0 Å². The first-order chi connectivity index (χ1) is 27.4.